The highest BCUT2D eigenvalue weighted by molar-refractivity contribution is 7.81. The summed E-state index contributed by atoms with van der Waals surface area (Å²) in [6.07, 6.45) is 1.92. The molecule has 0 aromatic heterocycles. The van der Waals surface area contributed by atoms with E-state index in [1.165, 1.54) is 0 Å². The highest BCUT2D eigenvalue weighted by atomic mass is 32.1. The van der Waals surface area contributed by atoms with E-state index in [2.05, 4.69) is 23.3 Å². The fraction of sp³-hybridized carbons (Fsp3) is 1.00. The summed E-state index contributed by atoms with van der Waals surface area (Å²) in [7, 11) is 0. The van der Waals surface area contributed by atoms with Gasteiger partial charge in [-0.15, -0.1) is 0 Å². The Hall–Kier alpha value is 0.230. The van der Waals surface area contributed by atoms with Gasteiger partial charge in [0.15, 0.2) is 0 Å². The quantitative estimate of drug-likeness (QED) is 0.462. The maximum Gasteiger partial charge on any atom is 0.0734 e. The summed E-state index contributed by atoms with van der Waals surface area (Å²) in [6.45, 7) is 2.96. The second kappa shape index (κ2) is 4.17. The fourth-order valence-electron chi connectivity index (χ4n) is 2.30. The fourth-order valence-corrected chi connectivity index (χ4v) is 2.64. The molecule has 0 spiro atoms. The van der Waals surface area contributed by atoms with Crippen LogP contribution in [0.3, 0.4) is 0 Å². The Balaban J connectivity index is 1.85. The summed E-state index contributed by atoms with van der Waals surface area (Å²) in [5, 5.41) is 17.1. The summed E-state index contributed by atoms with van der Waals surface area (Å²) in [4.78, 5) is 0. The SMILES string of the molecule is OC(C1CCNC1)C1CC(S)CN1. The van der Waals surface area contributed by atoms with Gasteiger partial charge >= 0.3 is 0 Å². The molecule has 3 N–H and O–H groups in total. The number of hydrogen-bond acceptors (Lipinski definition) is 4. The molecule has 0 saturated carbocycles. The van der Waals surface area contributed by atoms with Gasteiger partial charge < -0.3 is 15.7 Å². The number of aliphatic hydroxyl groups excluding tert-OH is 1. The van der Waals surface area contributed by atoms with E-state index in [-0.39, 0.29) is 12.1 Å². The van der Waals surface area contributed by atoms with Crippen molar-refractivity contribution in [3.63, 3.8) is 0 Å². The molecular formula is C9H18N2OS. The Morgan fingerprint density at radius 1 is 1.38 bits per heavy atom. The van der Waals surface area contributed by atoms with Crippen molar-refractivity contribution in [1.29, 1.82) is 0 Å². The van der Waals surface area contributed by atoms with Crippen molar-refractivity contribution in [2.75, 3.05) is 19.6 Å². The first-order valence-electron chi connectivity index (χ1n) is 5.07. The van der Waals surface area contributed by atoms with Crippen molar-refractivity contribution in [2.45, 2.75) is 30.2 Å². The van der Waals surface area contributed by atoms with Crippen molar-refractivity contribution in [3.05, 3.63) is 0 Å². The third kappa shape index (κ3) is 2.18. The molecule has 2 aliphatic heterocycles. The number of thiol groups is 1. The van der Waals surface area contributed by atoms with E-state index in [1.54, 1.807) is 0 Å². The Kier molecular flexibility index (Phi) is 3.14. The van der Waals surface area contributed by atoms with Crippen LogP contribution in [0.4, 0.5) is 0 Å². The summed E-state index contributed by atoms with van der Waals surface area (Å²) in [5.74, 6) is 0.441. The zero-order valence-electron chi connectivity index (χ0n) is 7.74. The maximum absolute atomic E-state index is 10.0. The molecule has 0 aromatic rings. The Morgan fingerprint density at radius 3 is 2.77 bits per heavy atom. The zero-order valence-corrected chi connectivity index (χ0v) is 8.63. The Bertz CT molecular complexity index is 173. The summed E-state index contributed by atoms with van der Waals surface area (Å²) < 4.78 is 0. The Labute approximate surface area is 84.7 Å². The molecular weight excluding hydrogens is 184 g/mol. The van der Waals surface area contributed by atoms with Gasteiger partial charge in [-0.3, -0.25) is 0 Å². The molecule has 0 aromatic carbocycles. The van der Waals surface area contributed by atoms with Gasteiger partial charge in [-0.05, 0) is 19.4 Å². The predicted octanol–water partition coefficient (Wildman–Crippen LogP) is -0.383. The van der Waals surface area contributed by atoms with Crippen LogP contribution >= 0.6 is 12.6 Å². The molecule has 0 aliphatic carbocycles. The normalized spacial score (nSPS) is 42.5. The average Bonchev–Trinajstić information content (AvgIpc) is 2.72. The van der Waals surface area contributed by atoms with E-state index < -0.39 is 0 Å². The average molecular weight is 202 g/mol. The standard InChI is InChI=1S/C9H18N2OS/c12-9(6-1-2-10-4-6)8-3-7(13)5-11-8/h6-13H,1-5H2. The van der Waals surface area contributed by atoms with Crippen molar-refractivity contribution in [3.8, 4) is 0 Å². The molecule has 2 rings (SSSR count). The predicted molar refractivity (Wildman–Crippen MR) is 56.2 cm³/mol. The maximum atomic E-state index is 10.0. The molecule has 2 fully saturated rings. The van der Waals surface area contributed by atoms with Crippen LogP contribution in [0.5, 0.6) is 0 Å². The van der Waals surface area contributed by atoms with Crippen LogP contribution in [0.25, 0.3) is 0 Å². The highest BCUT2D eigenvalue weighted by Gasteiger charge is 2.33. The smallest absolute Gasteiger partial charge is 0.0734 e. The van der Waals surface area contributed by atoms with Gasteiger partial charge in [0.1, 0.15) is 0 Å². The van der Waals surface area contributed by atoms with Crippen LogP contribution in [0.2, 0.25) is 0 Å². The number of hydrogen-bond donors (Lipinski definition) is 4. The number of nitrogens with one attached hydrogen (secondary N) is 2. The van der Waals surface area contributed by atoms with E-state index in [0.29, 0.717) is 11.2 Å². The molecule has 0 amide bonds. The van der Waals surface area contributed by atoms with Crippen LogP contribution in [-0.4, -0.2) is 42.1 Å². The lowest BCUT2D eigenvalue weighted by Crippen LogP contribution is -2.40. The first-order chi connectivity index (χ1) is 6.27. The van der Waals surface area contributed by atoms with Crippen LogP contribution in [0.15, 0.2) is 0 Å². The molecule has 4 unspecified atom stereocenters. The lowest BCUT2D eigenvalue weighted by atomic mass is 9.94. The van der Waals surface area contributed by atoms with Crippen molar-refractivity contribution < 1.29 is 5.11 Å². The number of rotatable bonds is 2. The second-order valence-electron chi connectivity index (χ2n) is 4.15. The highest BCUT2D eigenvalue weighted by Crippen LogP contribution is 2.22. The van der Waals surface area contributed by atoms with Gasteiger partial charge in [-0.2, -0.15) is 12.6 Å². The molecule has 2 aliphatic rings. The van der Waals surface area contributed by atoms with Gasteiger partial charge in [0.2, 0.25) is 0 Å². The largest absolute Gasteiger partial charge is 0.391 e. The van der Waals surface area contributed by atoms with Gasteiger partial charge in [0.25, 0.3) is 0 Å². The monoisotopic (exact) mass is 202 g/mol. The van der Waals surface area contributed by atoms with Gasteiger partial charge in [0, 0.05) is 30.3 Å². The van der Waals surface area contributed by atoms with E-state index in [9.17, 15) is 5.11 Å². The minimum atomic E-state index is -0.188. The molecule has 4 heteroatoms. The molecule has 2 saturated heterocycles. The van der Waals surface area contributed by atoms with Crippen LogP contribution in [0, 0.1) is 5.92 Å². The van der Waals surface area contributed by atoms with Gasteiger partial charge in [-0.1, -0.05) is 0 Å². The molecule has 76 valence electrons. The lowest BCUT2D eigenvalue weighted by molar-refractivity contribution is 0.0834. The van der Waals surface area contributed by atoms with Gasteiger partial charge in [-0.25, -0.2) is 0 Å². The molecule has 3 nitrogen and oxygen atoms in total. The van der Waals surface area contributed by atoms with E-state index in [4.69, 9.17) is 0 Å². The third-order valence-corrected chi connectivity index (χ3v) is 3.53. The minimum Gasteiger partial charge on any atom is -0.391 e. The topological polar surface area (TPSA) is 44.3 Å². The van der Waals surface area contributed by atoms with Crippen LogP contribution in [-0.2, 0) is 0 Å². The molecule has 13 heavy (non-hydrogen) atoms. The zero-order chi connectivity index (χ0) is 9.26. The first-order valence-corrected chi connectivity index (χ1v) is 5.59. The molecule has 0 radical (unpaired) electrons. The Morgan fingerprint density at radius 2 is 2.23 bits per heavy atom. The van der Waals surface area contributed by atoms with Crippen LogP contribution < -0.4 is 10.6 Å². The summed E-state index contributed by atoms with van der Waals surface area (Å²) in [5.41, 5.74) is 0. The second-order valence-corrected chi connectivity index (χ2v) is 4.88. The molecule has 4 atom stereocenters. The van der Waals surface area contributed by atoms with E-state index in [1.807, 2.05) is 0 Å². The van der Waals surface area contributed by atoms with Gasteiger partial charge in [0.05, 0.1) is 6.10 Å². The lowest BCUT2D eigenvalue weighted by Gasteiger charge is -2.23. The van der Waals surface area contributed by atoms with E-state index >= 15 is 0 Å². The van der Waals surface area contributed by atoms with Crippen LogP contribution in [0.1, 0.15) is 12.8 Å². The van der Waals surface area contributed by atoms with Crippen molar-refractivity contribution in [2.24, 2.45) is 5.92 Å². The number of aliphatic hydroxyl groups is 1. The third-order valence-electron chi connectivity index (χ3n) is 3.14. The summed E-state index contributed by atoms with van der Waals surface area (Å²) in [6, 6.07) is 0.271. The molecule has 0 bridgehead atoms. The van der Waals surface area contributed by atoms with Crippen molar-refractivity contribution in [1.82, 2.24) is 10.6 Å². The molecule has 2 heterocycles. The van der Waals surface area contributed by atoms with E-state index in [0.717, 1.165) is 32.5 Å². The van der Waals surface area contributed by atoms with Crippen molar-refractivity contribution >= 4 is 12.6 Å². The minimum absolute atomic E-state index is 0.188. The summed E-state index contributed by atoms with van der Waals surface area (Å²) >= 11 is 4.40. The first kappa shape index (κ1) is 9.77.